The van der Waals surface area contributed by atoms with E-state index in [2.05, 4.69) is 4.99 Å². The predicted molar refractivity (Wildman–Crippen MR) is 56.5 cm³/mol. The van der Waals surface area contributed by atoms with Crippen molar-refractivity contribution in [2.24, 2.45) is 16.5 Å². The lowest BCUT2D eigenvalue weighted by Crippen LogP contribution is -2.30. The summed E-state index contributed by atoms with van der Waals surface area (Å²) in [6, 6.07) is -1.04. The molecule has 0 radical (unpaired) electrons. The lowest BCUT2D eigenvalue weighted by atomic mass is 10.1. The lowest BCUT2D eigenvalue weighted by Gasteiger charge is -2.05. The van der Waals surface area contributed by atoms with Gasteiger partial charge in [0.2, 0.25) is 0 Å². The predicted octanol–water partition coefficient (Wildman–Crippen LogP) is -0.737. The molecular weight excluding hydrogens is 217 g/mol. The van der Waals surface area contributed by atoms with Crippen molar-refractivity contribution in [2.75, 3.05) is 13.2 Å². The minimum Gasteiger partial charge on any atom is -0.480 e. The van der Waals surface area contributed by atoms with Gasteiger partial charge in [-0.2, -0.15) is 0 Å². The first-order valence-electron chi connectivity index (χ1n) is 4.57. The highest BCUT2D eigenvalue weighted by atomic mass is 19.1. The summed E-state index contributed by atoms with van der Waals surface area (Å²) < 4.78 is 11.9. The van der Waals surface area contributed by atoms with Gasteiger partial charge in [0, 0.05) is 5.57 Å². The number of carbonyl (C=O) groups is 1. The Hall–Kier alpha value is -1.72. The van der Waals surface area contributed by atoms with Crippen molar-refractivity contribution in [3.05, 3.63) is 5.57 Å². The number of amidine groups is 1. The molecule has 0 heterocycles. The van der Waals surface area contributed by atoms with Crippen LogP contribution in [0.25, 0.3) is 0 Å². The Balaban J connectivity index is 4.14. The quantitative estimate of drug-likeness (QED) is 0.303. The molecule has 0 rings (SSSR count). The van der Waals surface area contributed by atoms with Crippen LogP contribution in [0.1, 0.15) is 12.8 Å². The van der Waals surface area contributed by atoms with Crippen molar-refractivity contribution in [3.63, 3.8) is 0 Å². The first kappa shape index (κ1) is 14.3. The summed E-state index contributed by atoms with van der Waals surface area (Å²) in [7, 11) is 0. The number of hydrogen-bond donors (Lipinski definition) is 3. The van der Waals surface area contributed by atoms with Crippen LogP contribution >= 0.6 is 0 Å². The fourth-order valence-corrected chi connectivity index (χ4v) is 0.855. The van der Waals surface area contributed by atoms with Gasteiger partial charge < -0.3 is 16.6 Å². The Morgan fingerprint density at radius 1 is 1.56 bits per heavy atom. The Kier molecular flexibility index (Phi) is 6.74. The Morgan fingerprint density at radius 3 is 2.62 bits per heavy atom. The van der Waals surface area contributed by atoms with Gasteiger partial charge in [-0.05, 0) is 12.8 Å². The van der Waals surface area contributed by atoms with Crippen LogP contribution in [0.2, 0.25) is 0 Å². The molecule has 0 aromatic heterocycles. The largest absolute Gasteiger partial charge is 0.480 e. The van der Waals surface area contributed by atoms with Crippen LogP contribution in [0.4, 0.5) is 4.39 Å². The van der Waals surface area contributed by atoms with E-state index in [0.717, 1.165) is 0 Å². The van der Waals surface area contributed by atoms with Crippen LogP contribution in [-0.4, -0.2) is 42.1 Å². The third-order valence-corrected chi connectivity index (χ3v) is 1.83. The summed E-state index contributed by atoms with van der Waals surface area (Å²) in [4.78, 5) is 24.4. The first-order valence-corrected chi connectivity index (χ1v) is 4.57. The Morgan fingerprint density at radius 2 is 2.19 bits per heavy atom. The van der Waals surface area contributed by atoms with Crippen LogP contribution in [0.3, 0.4) is 0 Å². The second-order valence-electron chi connectivity index (χ2n) is 3.13. The molecule has 1 atom stereocenters. The number of aliphatic imine (C=N–C) groups is 1. The standard InChI is InChI=1S/C9H14FN3O3/c10-3-8(12)13-4-6(5-14)1-2-7(11)9(15)16/h7H,1-4,11H2,(H2,12,13)(H,15,16). The summed E-state index contributed by atoms with van der Waals surface area (Å²) in [5, 5.41) is 8.49. The van der Waals surface area contributed by atoms with Crippen molar-refractivity contribution in [1.82, 2.24) is 0 Å². The number of aliphatic carboxylic acids is 1. The molecule has 0 aliphatic rings. The second-order valence-corrected chi connectivity index (χ2v) is 3.13. The molecule has 6 nitrogen and oxygen atoms in total. The van der Waals surface area contributed by atoms with Crippen molar-refractivity contribution < 1.29 is 19.1 Å². The SMILES string of the molecule is NC(CF)=NCC(=C=O)CCC(N)C(=O)O. The van der Waals surface area contributed by atoms with E-state index in [1.165, 1.54) is 0 Å². The number of rotatable bonds is 7. The maximum absolute atomic E-state index is 11.9. The fourth-order valence-electron chi connectivity index (χ4n) is 0.855. The third kappa shape index (κ3) is 5.90. The highest BCUT2D eigenvalue weighted by Crippen LogP contribution is 2.04. The average molecular weight is 231 g/mol. The topological polar surface area (TPSA) is 119 Å². The number of carboxylic acids is 1. The van der Waals surface area contributed by atoms with Crippen molar-refractivity contribution in [1.29, 1.82) is 0 Å². The highest BCUT2D eigenvalue weighted by Gasteiger charge is 2.12. The van der Waals surface area contributed by atoms with Gasteiger partial charge in [-0.1, -0.05) is 0 Å². The van der Waals surface area contributed by atoms with Gasteiger partial charge in [0.1, 0.15) is 24.5 Å². The molecule has 0 aliphatic carbocycles. The fraction of sp³-hybridized carbons (Fsp3) is 0.556. The van der Waals surface area contributed by atoms with E-state index in [-0.39, 0.29) is 30.8 Å². The van der Waals surface area contributed by atoms with Crippen LogP contribution in [-0.2, 0) is 9.59 Å². The zero-order chi connectivity index (χ0) is 12.6. The normalized spacial score (nSPS) is 13.0. The van der Waals surface area contributed by atoms with Gasteiger partial charge in [-0.3, -0.25) is 9.79 Å². The summed E-state index contributed by atoms with van der Waals surface area (Å²) in [6.07, 6.45) is 0.255. The molecule has 0 spiro atoms. The zero-order valence-electron chi connectivity index (χ0n) is 8.65. The summed E-state index contributed by atoms with van der Waals surface area (Å²) in [5.74, 6) is 0.255. The highest BCUT2D eigenvalue weighted by molar-refractivity contribution is 5.81. The van der Waals surface area contributed by atoms with E-state index >= 15 is 0 Å². The number of nitrogens with zero attached hydrogens (tertiary/aromatic N) is 1. The van der Waals surface area contributed by atoms with Gasteiger partial charge in [-0.15, -0.1) is 0 Å². The Bertz CT molecular complexity index is 324. The number of carboxylic acid groups (broad SMARTS) is 1. The molecule has 0 aliphatic heterocycles. The second kappa shape index (κ2) is 7.56. The number of hydrogen-bond acceptors (Lipinski definition) is 4. The zero-order valence-corrected chi connectivity index (χ0v) is 8.65. The van der Waals surface area contributed by atoms with Gasteiger partial charge in [0.25, 0.3) is 0 Å². The monoisotopic (exact) mass is 231 g/mol. The van der Waals surface area contributed by atoms with E-state index in [4.69, 9.17) is 16.6 Å². The minimum atomic E-state index is -1.14. The van der Waals surface area contributed by atoms with Crippen molar-refractivity contribution >= 4 is 17.7 Å². The molecule has 0 aromatic rings. The molecule has 0 bridgehead atoms. The number of alkyl halides is 1. The molecule has 0 saturated carbocycles. The van der Waals surface area contributed by atoms with Gasteiger partial charge >= 0.3 is 5.97 Å². The summed E-state index contributed by atoms with van der Waals surface area (Å²) >= 11 is 0. The van der Waals surface area contributed by atoms with E-state index in [1.807, 2.05) is 0 Å². The molecule has 7 heteroatoms. The van der Waals surface area contributed by atoms with Gasteiger partial charge in [0.05, 0.1) is 6.54 Å². The van der Waals surface area contributed by atoms with E-state index in [9.17, 15) is 14.0 Å². The van der Waals surface area contributed by atoms with Crippen molar-refractivity contribution in [3.8, 4) is 0 Å². The molecule has 5 N–H and O–H groups in total. The maximum atomic E-state index is 11.9. The van der Waals surface area contributed by atoms with Crippen molar-refractivity contribution in [2.45, 2.75) is 18.9 Å². The van der Waals surface area contributed by atoms with E-state index in [1.54, 1.807) is 5.94 Å². The molecule has 0 fully saturated rings. The minimum absolute atomic E-state index is 0.0778. The van der Waals surface area contributed by atoms with Gasteiger partial charge in [0.15, 0.2) is 0 Å². The number of carbonyl (C=O) groups excluding carboxylic acids is 1. The third-order valence-electron chi connectivity index (χ3n) is 1.83. The molecule has 0 aromatic carbocycles. The molecule has 0 amide bonds. The first-order chi connectivity index (χ1) is 7.51. The molecular formula is C9H14FN3O3. The lowest BCUT2D eigenvalue weighted by molar-refractivity contribution is -0.138. The number of halogens is 1. The molecule has 16 heavy (non-hydrogen) atoms. The van der Waals surface area contributed by atoms with Gasteiger partial charge in [-0.25, -0.2) is 9.18 Å². The van der Waals surface area contributed by atoms with Crippen LogP contribution in [0, 0.1) is 0 Å². The maximum Gasteiger partial charge on any atom is 0.320 e. The van der Waals surface area contributed by atoms with Crippen LogP contribution < -0.4 is 11.5 Å². The van der Waals surface area contributed by atoms with Crippen LogP contribution in [0.5, 0.6) is 0 Å². The smallest absolute Gasteiger partial charge is 0.320 e. The number of nitrogens with two attached hydrogens (primary N) is 2. The summed E-state index contributed by atoms with van der Waals surface area (Å²) in [6.45, 7) is -0.966. The molecule has 90 valence electrons. The molecule has 0 saturated heterocycles. The van der Waals surface area contributed by atoms with E-state index < -0.39 is 18.7 Å². The molecule has 1 unspecified atom stereocenters. The van der Waals surface area contributed by atoms with E-state index in [0.29, 0.717) is 0 Å². The Labute approximate surface area is 91.8 Å². The average Bonchev–Trinajstić information content (AvgIpc) is 2.28. The van der Waals surface area contributed by atoms with Crippen LogP contribution in [0.15, 0.2) is 10.6 Å². The summed E-state index contributed by atoms with van der Waals surface area (Å²) in [5.41, 5.74) is 10.5.